The molecule has 0 saturated carbocycles. The van der Waals surface area contributed by atoms with E-state index in [9.17, 15) is 0 Å². The first-order valence-electron chi connectivity index (χ1n) is 6.96. The fraction of sp³-hybridized carbons (Fsp3) is 0.0667. The van der Waals surface area contributed by atoms with E-state index < -0.39 is 10.2 Å². The molecule has 0 aliphatic rings. The van der Waals surface area contributed by atoms with E-state index in [4.69, 9.17) is 36.4 Å². The molecule has 2 aromatic heterocycles. The number of nitrogens with zero attached hydrogens (tertiary/aromatic N) is 4. The Morgan fingerprint density at radius 3 is 2.04 bits per heavy atom. The second-order valence-electron chi connectivity index (χ2n) is 4.75. The van der Waals surface area contributed by atoms with Gasteiger partial charge in [0.15, 0.2) is 0 Å². The van der Waals surface area contributed by atoms with Crippen LogP contribution < -0.4 is 5.73 Å². The van der Waals surface area contributed by atoms with E-state index in [0.29, 0.717) is 5.82 Å². The second-order valence-corrected chi connectivity index (χ2v) is 4.75. The molecule has 1 radical (unpaired) electrons. The summed E-state index contributed by atoms with van der Waals surface area (Å²) in [5.41, 5.74) is 8.64. The molecule has 0 saturated heterocycles. The van der Waals surface area contributed by atoms with Crippen molar-refractivity contribution in [1.29, 1.82) is 0 Å². The molecule has 1 aromatic carbocycles. The number of aryl methyl sites for hydroxylation is 1. The van der Waals surface area contributed by atoms with Crippen molar-refractivity contribution in [2.45, 2.75) is 6.92 Å². The van der Waals surface area contributed by atoms with Crippen molar-refractivity contribution in [3.8, 4) is 11.4 Å². The molecule has 4 N–H and O–H groups in total. The molecule has 0 aliphatic heterocycles. The molecule has 11 nitrogen and oxygen atoms in total. The predicted octanol–water partition coefficient (Wildman–Crippen LogP) is 2.49. The van der Waals surface area contributed by atoms with E-state index in [1.165, 1.54) is 0 Å². The number of aromatic nitrogens is 2. The average Bonchev–Trinajstić information content (AvgIpc) is 2.54. The Bertz CT molecular complexity index is 904. The molecule has 0 bridgehead atoms. The van der Waals surface area contributed by atoms with Crippen LogP contribution in [0, 0.1) is 27.2 Å². The Morgan fingerprint density at radius 2 is 1.48 bits per heavy atom. The van der Waals surface area contributed by atoms with Gasteiger partial charge in [-0.3, -0.25) is 4.98 Å². The zero-order valence-corrected chi connectivity index (χ0v) is 14.8. The number of nitrogens with two attached hydrogens (primary N) is 1. The zero-order chi connectivity index (χ0) is 19.7. The van der Waals surface area contributed by atoms with Crippen LogP contribution in [0.25, 0.3) is 22.2 Å². The molecule has 2 heterocycles. The van der Waals surface area contributed by atoms with Crippen LogP contribution >= 0.6 is 0 Å². The molecule has 12 heteroatoms. The third-order valence-corrected chi connectivity index (χ3v) is 2.92. The van der Waals surface area contributed by atoms with Crippen LogP contribution in [0.3, 0.4) is 0 Å². The van der Waals surface area contributed by atoms with Gasteiger partial charge in [0.05, 0.1) is 11.4 Å². The number of anilines is 1. The molecule has 0 fully saturated rings. The quantitative estimate of drug-likeness (QED) is 0.300. The third kappa shape index (κ3) is 8.43. The summed E-state index contributed by atoms with van der Waals surface area (Å²) >= 11 is 0. The van der Waals surface area contributed by atoms with Gasteiger partial charge in [0.2, 0.25) is 0 Å². The van der Waals surface area contributed by atoms with Crippen LogP contribution in [0.4, 0.5) is 5.82 Å². The number of hydrogen-bond acceptors (Lipinski definition) is 7. The van der Waals surface area contributed by atoms with Crippen LogP contribution in [0.1, 0.15) is 5.69 Å². The largest absolute Gasteiger partial charge is 0.383 e. The van der Waals surface area contributed by atoms with Gasteiger partial charge < -0.3 is 16.1 Å². The van der Waals surface area contributed by atoms with Crippen molar-refractivity contribution in [3.63, 3.8) is 0 Å². The Labute approximate surface area is 163 Å². The minimum absolute atomic E-state index is 0. The molecule has 0 atom stereocenters. The van der Waals surface area contributed by atoms with Gasteiger partial charge in [-0.15, -0.1) is 20.2 Å². The third-order valence-electron chi connectivity index (χ3n) is 2.92. The zero-order valence-electron chi connectivity index (χ0n) is 13.8. The first-order valence-corrected chi connectivity index (χ1v) is 6.96. The van der Waals surface area contributed by atoms with Gasteiger partial charge in [-0.2, -0.15) is 0 Å². The first-order chi connectivity index (χ1) is 12.2. The van der Waals surface area contributed by atoms with Crippen molar-refractivity contribution in [2.24, 2.45) is 0 Å². The average molecular weight is 425 g/mol. The van der Waals surface area contributed by atoms with Crippen LogP contribution in [0.15, 0.2) is 48.5 Å². The van der Waals surface area contributed by atoms with E-state index in [1.807, 2.05) is 55.5 Å². The summed E-state index contributed by atoms with van der Waals surface area (Å²) in [6, 6.07) is 15.9. The number of nitrogen functional groups attached to an aromatic ring is 1. The van der Waals surface area contributed by atoms with E-state index >= 15 is 0 Å². The fourth-order valence-corrected chi connectivity index (χ4v) is 2.04. The normalized spacial score (nSPS) is 8.93. The van der Waals surface area contributed by atoms with Gasteiger partial charge >= 0.3 is 0 Å². The summed E-state index contributed by atoms with van der Waals surface area (Å²) in [5, 5.41) is 29.3. The second kappa shape index (κ2) is 11.2. The summed E-state index contributed by atoms with van der Waals surface area (Å²) in [6.07, 6.45) is 0. The van der Waals surface area contributed by atoms with E-state index in [1.54, 1.807) is 0 Å². The summed E-state index contributed by atoms with van der Waals surface area (Å²) in [5.74, 6) is 0.548. The number of benzene rings is 1. The van der Waals surface area contributed by atoms with Crippen molar-refractivity contribution in [2.75, 3.05) is 5.73 Å². The molecule has 0 amide bonds. The molecule has 0 aliphatic carbocycles. The topological polar surface area (TPSA) is 179 Å². The van der Waals surface area contributed by atoms with Crippen molar-refractivity contribution in [1.82, 2.24) is 9.97 Å². The SMILES string of the molecule is Cc1cccc(-c2cc3ccccc3c(N)n2)n1.O=[N+]([O-])O.O=[N+]([O-])O.[Cu]. The molecule has 3 aromatic rings. The van der Waals surface area contributed by atoms with Crippen LogP contribution in [-0.2, 0) is 17.1 Å². The van der Waals surface area contributed by atoms with Gasteiger partial charge in [0.1, 0.15) is 5.82 Å². The Kier molecular flexibility index (Phi) is 9.73. The van der Waals surface area contributed by atoms with Gasteiger partial charge in [-0.05, 0) is 30.5 Å². The Morgan fingerprint density at radius 1 is 0.926 bits per heavy atom. The maximum atomic E-state index is 8.36. The van der Waals surface area contributed by atoms with Crippen LogP contribution in [0.5, 0.6) is 0 Å². The molecule has 0 unspecified atom stereocenters. The van der Waals surface area contributed by atoms with Crippen molar-refractivity contribution < 1.29 is 37.7 Å². The van der Waals surface area contributed by atoms with Gasteiger partial charge in [-0.25, -0.2) is 4.98 Å². The van der Waals surface area contributed by atoms with Crippen LogP contribution in [-0.4, -0.2) is 30.6 Å². The van der Waals surface area contributed by atoms with Gasteiger partial charge in [0.25, 0.3) is 10.2 Å². The molecular formula is C15H15CuN5O6. The number of hydrogen-bond donors (Lipinski definition) is 3. The summed E-state index contributed by atoms with van der Waals surface area (Å²) < 4.78 is 0. The number of rotatable bonds is 1. The smallest absolute Gasteiger partial charge is 0.291 e. The summed E-state index contributed by atoms with van der Waals surface area (Å²) in [4.78, 5) is 25.6. The van der Waals surface area contributed by atoms with Gasteiger partial charge in [-0.1, -0.05) is 30.3 Å². The fourth-order valence-electron chi connectivity index (χ4n) is 2.04. The molecule has 3 rings (SSSR count). The monoisotopic (exact) mass is 424 g/mol. The molecule has 27 heavy (non-hydrogen) atoms. The van der Waals surface area contributed by atoms with E-state index in [2.05, 4.69) is 9.97 Å². The number of fused-ring (bicyclic) bond motifs is 1. The van der Waals surface area contributed by atoms with Crippen molar-refractivity contribution >= 4 is 16.6 Å². The van der Waals surface area contributed by atoms with Crippen molar-refractivity contribution in [3.05, 3.63) is 74.5 Å². The molecular weight excluding hydrogens is 410 g/mol. The minimum atomic E-state index is -1.50. The maximum absolute atomic E-state index is 8.36. The Hall–Kier alpha value is -3.50. The Balaban J connectivity index is 0.000000646. The standard InChI is InChI=1S/C15H13N3.Cu.2HNO3/c1-10-5-4-8-13(17-10)14-9-11-6-2-3-7-12(11)15(16)18-14;;2*2-1(3)4/h2-9H,1H3,(H2,16,18);;2*(H,2,3,4). The van der Waals surface area contributed by atoms with Crippen LogP contribution in [0.2, 0.25) is 0 Å². The summed E-state index contributed by atoms with van der Waals surface area (Å²) in [6.45, 7) is 1.97. The van der Waals surface area contributed by atoms with E-state index in [-0.39, 0.29) is 17.1 Å². The summed E-state index contributed by atoms with van der Waals surface area (Å²) in [7, 11) is 0. The predicted molar refractivity (Wildman–Crippen MR) is 91.7 cm³/mol. The molecule has 147 valence electrons. The first kappa shape index (κ1) is 23.5. The maximum Gasteiger partial charge on any atom is 0.291 e. The minimum Gasteiger partial charge on any atom is -0.383 e. The number of pyridine rings is 2. The van der Waals surface area contributed by atoms with Gasteiger partial charge in [0, 0.05) is 28.1 Å². The molecule has 0 spiro atoms. The van der Waals surface area contributed by atoms with E-state index in [0.717, 1.165) is 27.9 Å².